The predicted octanol–water partition coefficient (Wildman–Crippen LogP) is 1.49. The van der Waals surface area contributed by atoms with E-state index in [9.17, 15) is 9.18 Å². The molecule has 0 amide bonds. The van der Waals surface area contributed by atoms with Crippen LogP contribution in [0.25, 0.3) is 0 Å². The molecule has 0 fully saturated rings. The summed E-state index contributed by atoms with van der Waals surface area (Å²) in [6.07, 6.45) is 0.558. The number of aromatic carboxylic acids is 1. The van der Waals surface area contributed by atoms with E-state index in [1.807, 2.05) is 0 Å². The number of anilines is 1. The standard InChI is InChI=1S/C9H8FNO2/c10-7-2-1-6(9(12)13)8-5(7)3-4-11-8/h1-2,11H,3-4H2,(H,12,13). The number of hydrogen-bond acceptors (Lipinski definition) is 2. The molecule has 1 aliphatic heterocycles. The molecule has 4 heteroatoms. The molecule has 3 nitrogen and oxygen atoms in total. The Bertz CT molecular complexity index is 376. The molecule has 0 spiro atoms. The molecule has 13 heavy (non-hydrogen) atoms. The highest BCUT2D eigenvalue weighted by molar-refractivity contribution is 5.95. The molecular formula is C9H8FNO2. The van der Waals surface area contributed by atoms with Crippen molar-refractivity contribution < 1.29 is 14.3 Å². The Morgan fingerprint density at radius 2 is 2.31 bits per heavy atom. The normalized spacial score (nSPS) is 13.6. The number of fused-ring (bicyclic) bond motifs is 1. The molecule has 0 aromatic heterocycles. The van der Waals surface area contributed by atoms with Crippen LogP contribution in [0.1, 0.15) is 15.9 Å². The molecule has 1 aromatic carbocycles. The number of benzene rings is 1. The smallest absolute Gasteiger partial charge is 0.337 e. The fraction of sp³-hybridized carbons (Fsp3) is 0.222. The molecule has 1 aliphatic rings. The van der Waals surface area contributed by atoms with Gasteiger partial charge in [0, 0.05) is 12.1 Å². The lowest BCUT2D eigenvalue weighted by Crippen LogP contribution is -2.02. The monoisotopic (exact) mass is 181 g/mol. The van der Waals surface area contributed by atoms with Crippen LogP contribution in [0.5, 0.6) is 0 Å². The van der Waals surface area contributed by atoms with E-state index < -0.39 is 5.97 Å². The zero-order valence-electron chi connectivity index (χ0n) is 6.80. The van der Waals surface area contributed by atoms with Crippen LogP contribution in [0.3, 0.4) is 0 Å². The molecule has 0 saturated carbocycles. The first kappa shape index (κ1) is 8.04. The zero-order valence-corrected chi connectivity index (χ0v) is 6.80. The summed E-state index contributed by atoms with van der Waals surface area (Å²) in [5.74, 6) is -1.35. The van der Waals surface area contributed by atoms with Gasteiger partial charge in [-0.25, -0.2) is 9.18 Å². The third kappa shape index (κ3) is 1.14. The number of carboxylic acid groups (broad SMARTS) is 1. The van der Waals surface area contributed by atoms with Gasteiger partial charge in [0.2, 0.25) is 0 Å². The van der Waals surface area contributed by atoms with Crippen molar-refractivity contribution in [2.45, 2.75) is 6.42 Å². The van der Waals surface area contributed by atoms with Crippen molar-refractivity contribution in [3.8, 4) is 0 Å². The Morgan fingerprint density at radius 3 is 3.00 bits per heavy atom. The number of halogens is 1. The number of carbonyl (C=O) groups is 1. The average Bonchev–Trinajstić information content (AvgIpc) is 2.53. The lowest BCUT2D eigenvalue weighted by atomic mass is 10.1. The van der Waals surface area contributed by atoms with Gasteiger partial charge in [-0.05, 0) is 18.6 Å². The number of rotatable bonds is 1. The van der Waals surface area contributed by atoms with Crippen LogP contribution >= 0.6 is 0 Å². The fourth-order valence-electron chi connectivity index (χ4n) is 1.56. The van der Waals surface area contributed by atoms with Gasteiger partial charge < -0.3 is 10.4 Å². The van der Waals surface area contributed by atoms with E-state index in [0.717, 1.165) is 0 Å². The minimum absolute atomic E-state index is 0.147. The van der Waals surface area contributed by atoms with Crippen molar-refractivity contribution >= 4 is 11.7 Å². The molecule has 0 aliphatic carbocycles. The molecule has 0 unspecified atom stereocenters. The maximum Gasteiger partial charge on any atom is 0.337 e. The lowest BCUT2D eigenvalue weighted by Gasteiger charge is -2.04. The quantitative estimate of drug-likeness (QED) is 0.690. The molecule has 0 atom stereocenters. The Kier molecular flexibility index (Phi) is 1.69. The van der Waals surface area contributed by atoms with Gasteiger partial charge in [-0.15, -0.1) is 0 Å². The Hall–Kier alpha value is -1.58. The third-order valence-electron chi connectivity index (χ3n) is 2.16. The maximum atomic E-state index is 13.1. The summed E-state index contributed by atoms with van der Waals surface area (Å²) in [5.41, 5.74) is 1.07. The van der Waals surface area contributed by atoms with Gasteiger partial charge >= 0.3 is 5.97 Å². The van der Waals surface area contributed by atoms with Gasteiger partial charge in [-0.1, -0.05) is 0 Å². The van der Waals surface area contributed by atoms with E-state index in [4.69, 9.17) is 5.11 Å². The summed E-state index contributed by atoms with van der Waals surface area (Å²) >= 11 is 0. The minimum Gasteiger partial charge on any atom is -0.478 e. The third-order valence-corrected chi connectivity index (χ3v) is 2.16. The molecule has 2 rings (SSSR count). The SMILES string of the molecule is O=C(O)c1ccc(F)c2c1NCC2. The van der Waals surface area contributed by atoms with Crippen molar-refractivity contribution in [2.24, 2.45) is 0 Å². The van der Waals surface area contributed by atoms with Gasteiger partial charge in [0.05, 0.1) is 11.3 Å². The van der Waals surface area contributed by atoms with Gasteiger partial charge in [-0.3, -0.25) is 0 Å². The second-order valence-electron chi connectivity index (χ2n) is 2.93. The van der Waals surface area contributed by atoms with Crippen LogP contribution < -0.4 is 5.32 Å². The van der Waals surface area contributed by atoms with E-state index in [-0.39, 0.29) is 11.4 Å². The topological polar surface area (TPSA) is 49.3 Å². The number of hydrogen-bond donors (Lipinski definition) is 2. The molecule has 0 saturated heterocycles. The molecule has 0 bridgehead atoms. The van der Waals surface area contributed by atoms with Gasteiger partial charge in [0.15, 0.2) is 0 Å². The Labute approximate surface area is 74.2 Å². The van der Waals surface area contributed by atoms with Gasteiger partial charge in [-0.2, -0.15) is 0 Å². The van der Waals surface area contributed by atoms with Crippen LogP contribution in [0.15, 0.2) is 12.1 Å². The first-order valence-corrected chi connectivity index (χ1v) is 3.98. The second-order valence-corrected chi connectivity index (χ2v) is 2.93. The molecule has 0 radical (unpaired) electrons. The van der Waals surface area contributed by atoms with Crippen molar-refractivity contribution in [1.82, 2.24) is 0 Å². The van der Waals surface area contributed by atoms with E-state index in [1.54, 1.807) is 0 Å². The van der Waals surface area contributed by atoms with E-state index in [1.165, 1.54) is 12.1 Å². The van der Waals surface area contributed by atoms with Gasteiger partial charge in [0.25, 0.3) is 0 Å². The summed E-state index contributed by atoms with van der Waals surface area (Å²) in [7, 11) is 0. The minimum atomic E-state index is -1.02. The molecule has 1 heterocycles. The average molecular weight is 181 g/mol. The highest BCUT2D eigenvalue weighted by Crippen LogP contribution is 2.28. The molecular weight excluding hydrogens is 173 g/mol. The van der Waals surface area contributed by atoms with Crippen LogP contribution in [0.4, 0.5) is 10.1 Å². The van der Waals surface area contributed by atoms with E-state index in [0.29, 0.717) is 24.2 Å². The van der Waals surface area contributed by atoms with Crippen LogP contribution in [-0.2, 0) is 6.42 Å². The summed E-state index contributed by atoms with van der Waals surface area (Å²) in [6, 6.07) is 2.49. The molecule has 2 N–H and O–H groups in total. The van der Waals surface area contributed by atoms with Crippen molar-refractivity contribution in [3.05, 3.63) is 29.1 Å². The predicted molar refractivity (Wildman–Crippen MR) is 45.6 cm³/mol. The largest absolute Gasteiger partial charge is 0.478 e. The number of nitrogens with one attached hydrogen (secondary N) is 1. The summed E-state index contributed by atoms with van der Waals surface area (Å²) in [5, 5.41) is 11.6. The Balaban J connectivity index is 2.62. The zero-order chi connectivity index (χ0) is 9.42. The van der Waals surface area contributed by atoms with E-state index >= 15 is 0 Å². The Morgan fingerprint density at radius 1 is 1.54 bits per heavy atom. The fourth-order valence-corrected chi connectivity index (χ4v) is 1.56. The lowest BCUT2D eigenvalue weighted by molar-refractivity contribution is 0.0698. The van der Waals surface area contributed by atoms with Crippen LogP contribution in [0, 0.1) is 5.82 Å². The first-order valence-electron chi connectivity index (χ1n) is 3.98. The molecule has 68 valence electrons. The molecule has 1 aromatic rings. The second kappa shape index (κ2) is 2.73. The summed E-state index contributed by atoms with van der Waals surface area (Å²) in [6.45, 7) is 0.608. The summed E-state index contributed by atoms with van der Waals surface area (Å²) in [4.78, 5) is 10.7. The van der Waals surface area contributed by atoms with Crippen molar-refractivity contribution in [1.29, 1.82) is 0 Å². The van der Waals surface area contributed by atoms with E-state index in [2.05, 4.69) is 5.32 Å². The van der Waals surface area contributed by atoms with Crippen LogP contribution in [0.2, 0.25) is 0 Å². The van der Waals surface area contributed by atoms with Crippen molar-refractivity contribution in [2.75, 3.05) is 11.9 Å². The summed E-state index contributed by atoms with van der Waals surface area (Å²) < 4.78 is 13.1. The number of carboxylic acids is 1. The highest BCUT2D eigenvalue weighted by atomic mass is 19.1. The van der Waals surface area contributed by atoms with Crippen LogP contribution in [-0.4, -0.2) is 17.6 Å². The first-order chi connectivity index (χ1) is 6.20. The maximum absolute atomic E-state index is 13.1. The highest BCUT2D eigenvalue weighted by Gasteiger charge is 2.21. The van der Waals surface area contributed by atoms with Gasteiger partial charge in [0.1, 0.15) is 5.82 Å². The van der Waals surface area contributed by atoms with Crippen molar-refractivity contribution in [3.63, 3.8) is 0 Å².